The van der Waals surface area contributed by atoms with Crippen LogP contribution in [0.5, 0.6) is 0 Å². The Morgan fingerprint density at radius 3 is 2.61 bits per heavy atom. The minimum atomic E-state index is -3.31. The molecule has 23 heavy (non-hydrogen) atoms. The SMILES string of the molecule is CCCCCC(OC)C1=Cc2ccccc2CN1S(=O)(=O)CC. The Hall–Kier alpha value is -1.33. The van der Waals surface area contributed by atoms with Gasteiger partial charge >= 0.3 is 0 Å². The molecule has 1 aliphatic heterocycles. The molecular formula is C18H27NO3S. The lowest BCUT2D eigenvalue weighted by atomic mass is 9.99. The summed E-state index contributed by atoms with van der Waals surface area (Å²) in [7, 11) is -1.65. The summed E-state index contributed by atoms with van der Waals surface area (Å²) in [6.45, 7) is 4.24. The van der Waals surface area contributed by atoms with Crippen LogP contribution < -0.4 is 0 Å². The van der Waals surface area contributed by atoms with Gasteiger partial charge in [-0.05, 0) is 30.5 Å². The van der Waals surface area contributed by atoms with Gasteiger partial charge in [-0.1, -0.05) is 50.5 Å². The Labute approximate surface area is 140 Å². The molecule has 0 radical (unpaired) electrons. The number of rotatable bonds is 8. The second-order valence-corrected chi connectivity index (χ2v) is 8.08. The van der Waals surface area contributed by atoms with Gasteiger partial charge in [0.05, 0.1) is 24.1 Å². The molecule has 1 unspecified atom stereocenters. The van der Waals surface area contributed by atoms with E-state index >= 15 is 0 Å². The molecular weight excluding hydrogens is 310 g/mol. The van der Waals surface area contributed by atoms with Crippen LogP contribution >= 0.6 is 0 Å². The van der Waals surface area contributed by atoms with Crippen LogP contribution in [0, 0.1) is 0 Å². The number of benzene rings is 1. The average molecular weight is 337 g/mol. The van der Waals surface area contributed by atoms with E-state index in [-0.39, 0.29) is 11.9 Å². The van der Waals surface area contributed by atoms with E-state index in [0.717, 1.165) is 42.5 Å². The first-order chi connectivity index (χ1) is 11.0. The van der Waals surface area contributed by atoms with E-state index in [0.29, 0.717) is 6.54 Å². The van der Waals surface area contributed by atoms with Crippen LogP contribution in [-0.2, 0) is 21.3 Å². The van der Waals surface area contributed by atoms with Gasteiger partial charge in [-0.25, -0.2) is 8.42 Å². The summed E-state index contributed by atoms with van der Waals surface area (Å²) in [4.78, 5) is 0. The largest absolute Gasteiger partial charge is 0.375 e. The molecule has 2 rings (SSSR count). The highest BCUT2D eigenvalue weighted by Gasteiger charge is 2.31. The lowest BCUT2D eigenvalue weighted by Gasteiger charge is -2.34. The molecule has 5 heteroatoms. The van der Waals surface area contributed by atoms with E-state index in [2.05, 4.69) is 6.92 Å². The predicted molar refractivity (Wildman–Crippen MR) is 94.4 cm³/mol. The van der Waals surface area contributed by atoms with Crippen LogP contribution in [0.1, 0.15) is 50.7 Å². The maximum atomic E-state index is 12.6. The van der Waals surface area contributed by atoms with E-state index in [1.807, 2.05) is 30.3 Å². The first-order valence-electron chi connectivity index (χ1n) is 8.36. The van der Waals surface area contributed by atoms with Gasteiger partial charge in [0.15, 0.2) is 0 Å². The molecule has 1 aromatic rings. The van der Waals surface area contributed by atoms with Crippen LogP contribution in [0.2, 0.25) is 0 Å². The number of methoxy groups -OCH3 is 1. The van der Waals surface area contributed by atoms with Crippen molar-refractivity contribution in [2.45, 2.75) is 52.2 Å². The topological polar surface area (TPSA) is 46.6 Å². The van der Waals surface area contributed by atoms with Crippen molar-refractivity contribution in [2.75, 3.05) is 12.9 Å². The highest BCUT2D eigenvalue weighted by Crippen LogP contribution is 2.31. The van der Waals surface area contributed by atoms with Crippen LogP contribution in [0.3, 0.4) is 0 Å². The molecule has 1 atom stereocenters. The van der Waals surface area contributed by atoms with Gasteiger partial charge in [-0.3, -0.25) is 4.31 Å². The van der Waals surface area contributed by atoms with Crippen molar-refractivity contribution < 1.29 is 13.2 Å². The Morgan fingerprint density at radius 1 is 1.22 bits per heavy atom. The molecule has 1 aromatic carbocycles. The van der Waals surface area contributed by atoms with E-state index in [1.165, 1.54) is 4.31 Å². The molecule has 0 N–H and O–H groups in total. The highest BCUT2D eigenvalue weighted by atomic mass is 32.2. The maximum Gasteiger partial charge on any atom is 0.235 e. The zero-order valence-corrected chi connectivity index (χ0v) is 15.1. The number of ether oxygens (including phenoxy) is 1. The van der Waals surface area contributed by atoms with Crippen LogP contribution in [0.25, 0.3) is 6.08 Å². The first kappa shape index (κ1) is 18.0. The number of unbranched alkanes of at least 4 members (excludes halogenated alkanes) is 2. The monoisotopic (exact) mass is 337 g/mol. The van der Waals surface area contributed by atoms with Crippen molar-refractivity contribution in [3.63, 3.8) is 0 Å². The summed E-state index contributed by atoms with van der Waals surface area (Å²) in [6.07, 6.45) is 5.93. The number of sulfonamides is 1. The highest BCUT2D eigenvalue weighted by molar-refractivity contribution is 7.89. The van der Waals surface area contributed by atoms with Gasteiger partial charge in [-0.15, -0.1) is 0 Å². The third-order valence-corrected chi connectivity index (χ3v) is 6.09. The first-order valence-corrected chi connectivity index (χ1v) is 9.97. The summed E-state index contributed by atoms with van der Waals surface area (Å²) >= 11 is 0. The summed E-state index contributed by atoms with van der Waals surface area (Å²) in [5.41, 5.74) is 2.89. The smallest absolute Gasteiger partial charge is 0.235 e. The van der Waals surface area contributed by atoms with Gasteiger partial charge in [-0.2, -0.15) is 0 Å². The molecule has 0 saturated heterocycles. The van der Waals surface area contributed by atoms with Crippen molar-refractivity contribution in [2.24, 2.45) is 0 Å². The van der Waals surface area contributed by atoms with E-state index in [1.54, 1.807) is 14.0 Å². The predicted octanol–water partition coefficient (Wildman–Crippen LogP) is 3.79. The Kier molecular flexibility index (Phi) is 6.25. The van der Waals surface area contributed by atoms with Crippen LogP contribution in [-0.4, -0.2) is 31.7 Å². The number of nitrogens with zero attached hydrogens (tertiary/aromatic N) is 1. The van der Waals surface area contributed by atoms with Gasteiger partial charge in [0, 0.05) is 7.11 Å². The van der Waals surface area contributed by atoms with E-state index in [9.17, 15) is 8.42 Å². The molecule has 0 saturated carbocycles. The van der Waals surface area contributed by atoms with Gasteiger partial charge in [0.25, 0.3) is 0 Å². The fourth-order valence-corrected chi connectivity index (χ4v) is 4.07. The summed E-state index contributed by atoms with van der Waals surface area (Å²) < 4.78 is 32.3. The number of fused-ring (bicyclic) bond motifs is 1. The number of hydrogen-bond acceptors (Lipinski definition) is 3. The van der Waals surface area contributed by atoms with Gasteiger partial charge < -0.3 is 4.74 Å². The van der Waals surface area contributed by atoms with Crippen molar-refractivity contribution in [3.05, 3.63) is 41.1 Å². The quantitative estimate of drug-likeness (QED) is 0.678. The zero-order valence-electron chi connectivity index (χ0n) is 14.3. The third-order valence-electron chi connectivity index (χ3n) is 4.35. The van der Waals surface area contributed by atoms with Crippen molar-refractivity contribution in [1.29, 1.82) is 0 Å². The fraction of sp³-hybridized carbons (Fsp3) is 0.556. The molecule has 0 bridgehead atoms. The zero-order chi connectivity index (χ0) is 16.9. The minimum absolute atomic E-state index is 0.0951. The van der Waals surface area contributed by atoms with E-state index in [4.69, 9.17) is 4.74 Å². The standard InChI is InChI=1S/C18H27NO3S/c1-4-6-7-12-18(22-3)17-13-15-10-8-9-11-16(15)14-19(17)23(20,21)5-2/h8-11,13,18H,4-7,12,14H2,1-3H3. The molecule has 1 heterocycles. The Balaban J connectivity index is 2.38. The minimum Gasteiger partial charge on any atom is -0.375 e. The molecule has 0 spiro atoms. The number of hydrogen-bond donors (Lipinski definition) is 0. The van der Waals surface area contributed by atoms with E-state index < -0.39 is 10.0 Å². The van der Waals surface area contributed by atoms with Gasteiger partial charge in [0.2, 0.25) is 10.0 Å². The fourth-order valence-electron chi connectivity index (χ4n) is 2.93. The molecule has 0 aromatic heterocycles. The summed E-state index contributed by atoms with van der Waals surface area (Å²) in [5.74, 6) is 0.0951. The Morgan fingerprint density at radius 2 is 1.96 bits per heavy atom. The van der Waals surface area contributed by atoms with Crippen molar-refractivity contribution >= 4 is 16.1 Å². The van der Waals surface area contributed by atoms with Crippen LogP contribution in [0.4, 0.5) is 0 Å². The average Bonchev–Trinajstić information content (AvgIpc) is 2.57. The van der Waals surface area contributed by atoms with Crippen molar-refractivity contribution in [3.8, 4) is 0 Å². The Bertz CT molecular complexity index is 652. The lowest BCUT2D eigenvalue weighted by molar-refractivity contribution is 0.105. The normalized spacial score (nSPS) is 16.0. The summed E-state index contributed by atoms with van der Waals surface area (Å²) in [6, 6.07) is 7.95. The van der Waals surface area contributed by atoms with Crippen LogP contribution in [0.15, 0.2) is 30.0 Å². The molecule has 0 fully saturated rings. The molecule has 128 valence electrons. The van der Waals surface area contributed by atoms with Crippen molar-refractivity contribution in [1.82, 2.24) is 4.31 Å². The second kappa shape index (κ2) is 7.97. The summed E-state index contributed by atoms with van der Waals surface area (Å²) in [5, 5.41) is 0. The lowest BCUT2D eigenvalue weighted by Crippen LogP contribution is -2.38. The molecule has 0 aliphatic carbocycles. The molecule has 4 nitrogen and oxygen atoms in total. The third kappa shape index (κ3) is 4.15. The van der Waals surface area contributed by atoms with Gasteiger partial charge in [0.1, 0.15) is 0 Å². The second-order valence-electron chi connectivity index (χ2n) is 5.90. The molecule has 1 aliphatic rings. The maximum absolute atomic E-state index is 12.6. The molecule has 0 amide bonds.